The Hall–Kier alpha value is 0.0600. The number of nitrogens with one attached hydrogen (secondary N) is 1. The third-order valence-corrected chi connectivity index (χ3v) is 1.69. The molecule has 6 heteroatoms. The molecule has 1 rings (SSSR count). The molecule has 1 N–H and O–H groups in total. The Morgan fingerprint density at radius 1 is 1.38 bits per heavy atom. The van der Waals surface area contributed by atoms with Crippen molar-refractivity contribution in [1.29, 1.82) is 0 Å². The van der Waals surface area contributed by atoms with Crippen LogP contribution in [0.25, 0.3) is 0 Å². The number of amides is 1. The largest absolute Gasteiger partial charge is 1.00 e. The number of hydrogen-bond donors (Lipinski definition) is 3. The Labute approximate surface area is 130 Å². The van der Waals surface area contributed by atoms with E-state index in [2.05, 4.69) is 30.6 Å². The van der Waals surface area contributed by atoms with Gasteiger partial charge in [-0.25, -0.2) is 0 Å². The van der Waals surface area contributed by atoms with Gasteiger partial charge in [-0.1, -0.05) is 43.0 Å². The molecular weight excluding hydrogens is 253 g/mol. The topological polar surface area (TPSA) is 46.2 Å². The number of rotatable bonds is 3. The Kier molecular flexibility index (Phi) is 15.1. The molecular formula is C10H14NNaO2S2. The van der Waals surface area contributed by atoms with Crippen LogP contribution in [0.3, 0.4) is 0 Å². The fraction of sp³-hybridized carbons (Fsp3) is 0.200. The van der Waals surface area contributed by atoms with Crippen LogP contribution in [0, 0.1) is 0 Å². The molecule has 16 heavy (non-hydrogen) atoms. The summed E-state index contributed by atoms with van der Waals surface area (Å²) in [7, 11) is 0. The zero-order valence-corrected chi connectivity index (χ0v) is 12.9. The minimum Gasteiger partial charge on any atom is -1.00 e. The monoisotopic (exact) mass is 267 g/mol. The summed E-state index contributed by atoms with van der Waals surface area (Å²) in [6.07, 6.45) is 0.854. The molecule has 0 unspecified atom stereocenters. The zero-order valence-electron chi connectivity index (χ0n) is 10.1. The predicted octanol–water partition coefficient (Wildman–Crippen LogP) is -0.909. The minimum atomic E-state index is -0.272. The van der Waals surface area contributed by atoms with Crippen LogP contribution in [0.4, 0.5) is 4.79 Å². The Morgan fingerprint density at radius 3 is 2.31 bits per heavy atom. The Bertz CT molecular complexity index is 302. The standard InChI is InChI=1S/C9H11NOS.CH2OS.Na.H/c11-9(12)10-7-6-8-4-2-1-3-5-8;2-1-3;;/h1-5H,6-7H2,(H2,10,11,12);1H,(H,2,3);;/q;;+1;-1. The van der Waals surface area contributed by atoms with Gasteiger partial charge in [-0.05, 0) is 12.0 Å². The van der Waals surface area contributed by atoms with E-state index in [4.69, 9.17) is 4.79 Å². The molecule has 0 aliphatic rings. The summed E-state index contributed by atoms with van der Waals surface area (Å²) in [5, 5.41) is 2.35. The van der Waals surface area contributed by atoms with Gasteiger partial charge in [0.2, 0.25) is 0 Å². The van der Waals surface area contributed by atoms with Gasteiger partial charge in [-0.3, -0.25) is 9.59 Å². The van der Waals surface area contributed by atoms with E-state index in [0.717, 1.165) is 6.42 Å². The summed E-state index contributed by atoms with van der Waals surface area (Å²) in [5.74, 6) is 0. The maximum atomic E-state index is 10.4. The number of benzene rings is 1. The number of carbonyl (C=O) groups is 2. The third kappa shape index (κ3) is 12.1. The smallest absolute Gasteiger partial charge is 1.00 e. The molecule has 1 aromatic carbocycles. The first-order valence-corrected chi connectivity index (χ1v) is 5.25. The Balaban J connectivity index is -0.000000356. The molecule has 1 aromatic rings. The summed E-state index contributed by atoms with van der Waals surface area (Å²) in [6.45, 7) is 0.645. The molecule has 0 radical (unpaired) electrons. The molecule has 0 fully saturated rings. The van der Waals surface area contributed by atoms with Gasteiger partial charge in [-0.2, -0.15) is 0 Å². The molecule has 84 valence electrons. The molecule has 0 atom stereocenters. The fourth-order valence-corrected chi connectivity index (χ4v) is 1.07. The molecule has 0 bridgehead atoms. The molecule has 0 saturated carbocycles. The predicted molar refractivity (Wildman–Crippen MR) is 69.4 cm³/mol. The van der Waals surface area contributed by atoms with Crippen molar-refractivity contribution in [2.75, 3.05) is 6.54 Å². The van der Waals surface area contributed by atoms with Crippen molar-refractivity contribution in [2.24, 2.45) is 0 Å². The number of thiol groups is 2. The molecule has 1 amide bonds. The van der Waals surface area contributed by atoms with Gasteiger partial charge in [-0.15, -0.1) is 12.6 Å². The van der Waals surface area contributed by atoms with Crippen molar-refractivity contribution >= 4 is 36.1 Å². The first-order chi connectivity index (χ1) is 7.20. The first-order valence-electron chi connectivity index (χ1n) is 4.29. The second kappa shape index (κ2) is 13.1. The van der Waals surface area contributed by atoms with E-state index < -0.39 is 0 Å². The van der Waals surface area contributed by atoms with Gasteiger partial charge in [0, 0.05) is 6.54 Å². The third-order valence-electron chi connectivity index (χ3n) is 1.53. The van der Waals surface area contributed by atoms with Crippen molar-refractivity contribution in [3.8, 4) is 0 Å². The van der Waals surface area contributed by atoms with Gasteiger partial charge >= 0.3 is 29.6 Å². The second-order valence-corrected chi connectivity index (χ2v) is 3.19. The van der Waals surface area contributed by atoms with E-state index in [1.54, 1.807) is 0 Å². The van der Waals surface area contributed by atoms with Gasteiger partial charge in [0.25, 0.3) is 5.24 Å². The van der Waals surface area contributed by atoms with Gasteiger partial charge < -0.3 is 6.74 Å². The first kappa shape index (κ1) is 18.4. The molecule has 0 spiro atoms. The van der Waals surface area contributed by atoms with Gasteiger partial charge in [0.15, 0.2) is 5.62 Å². The van der Waals surface area contributed by atoms with Crippen LogP contribution in [0.15, 0.2) is 30.3 Å². The van der Waals surface area contributed by atoms with Gasteiger partial charge in [0.05, 0.1) is 0 Å². The van der Waals surface area contributed by atoms with Crippen LogP contribution in [-0.4, -0.2) is 17.4 Å². The average Bonchev–Trinajstić information content (AvgIpc) is 2.20. The molecule has 0 aliphatic carbocycles. The van der Waals surface area contributed by atoms with Crippen LogP contribution < -0.4 is 34.9 Å². The molecule has 3 nitrogen and oxygen atoms in total. The average molecular weight is 267 g/mol. The Morgan fingerprint density at radius 2 is 1.88 bits per heavy atom. The molecule has 0 saturated heterocycles. The number of carbonyl (C=O) groups excluding carboxylic acids is 2. The minimum absolute atomic E-state index is 0. The van der Waals surface area contributed by atoms with Crippen molar-refractivity contribution in [3.63, 3.8) is 0 Å². The SMILES string of the molecule is O=C(S)NCCc1ccccc1.O=CS.[H-].[Na+]. The van der Waals surface area contributed by atoms with E-state index in [1.807, 2.05) is 30.3 Å². The summed E-state index contributed by atoms with van der Waals surface area (Å²) in [5.41, 5.74) is 1.67. The van der Waals surface area contributed by atoms with E-state index in [9.17, 15) is 4.79 Å². The molecule has 0 aromatic heterocycles. The van der Waals surface area contributed by atoms with E-state index in [-0.39, 0.29) is 36.2 Å². The molecule has 0 aliphatic heterocycles. The van der Waals surface area contributed by atoms with Crippen molar-refractivity contribution in [1.82, 2.24) is 5.32 Å². The quantitative estimate of drug-likeness (QED) is 0.377. The van der Waals surface area contributed by atoms with Crippen LogP contribution in [-0.2, 0) is 11.2 Å². The van der Waals surface area contributed by atoms with E-state index in [1.165, 1.54) is 5.56 Å². The van der Waals surface area contributed by atoms with Crippen LogP contribution in [0.5, 0.6) is 0 Å². The van der Waals surface area contributed by atoms with E-state index >= 15 is 0 Å². The summed E-state index contributed by atoms with van der Waals surface area (Å²) >= 11 is 6.70. The summed E-state index contributed by atoms with van der Waals surface area (Å²) in [6, 6.07) is 10.0. The summed E-state index contributed by atoms with van der Waals surface area (Å²) in [4.78, 5) is 19.1. The zero-order chi connectivity index (χ0) is 11.5. The normalized spacial score (nSPS) is 7.88. The van der Waals surface area contributed by atoms with Gasteiger partial charge in [0.1, 0.15) is 0 Å². The van der Waals surface area contributed by atoms with Crippen LogP contribution in [0.1, 0.15) is 6.99 Å². The summed E-state index contributed by atoms with van der Waals surface area (Å²) < 4.78 is 0. The molecule has 0 heterocycles. The van der Waals surface area contributed by atoms with Crippen molar-refractivity contribution in [3.05, 3.63) is 35.9 Å². The maximum absolute atomic E-state index is 10.4. The van der Waals surface area contributed by atoms with Crippen molar-refractivity contribution in [2.45, 2.75) is 6.42 Å². The fourth-order valence-electron chi connectivity index (χ4n) is 0.958. The van der Waals surface area contributed by atoms with Crippen LogP contribution in [0.2, 0.25) is 0 Å². The maximum Gasteiger partial charge on any atom is 1.00 e. The van der Waals surface area contributed by atoms with Crippen molar-refractivity contribution < 1.29 is 40.6 Å². The van der Waals surface area contributed by atoms with E-state index in [0.29, 0.717) is 12.2 Å². The second-order valence-electron chi connectivity index (χ2n) is 2.57. The van der Waals surface area contributed by atoms with Crippen LogP contribution >= 0.6 is 25.3 Å². The number of hydrogen-bond acceptors (Lipinski definition) is 2.